The Morgan fingerprint density at radius 1 is 1.08 bits per heavy atom. The van der Waals surface area contributed by atoms with Crippen LogP contribution >= 0.6 is 0 Å². The second-order valence-electron chi connectivity index (χ2n) is 7.51. The third kappa shape index (κ3) is 2.81. The summed E-state index contributed by atoms with van der Waals surface area (Å²) in [6, 6.07) is 2.59. The van der Waals surface area contributed by atoms with Crippen molar-refractivity contribution in [1.82, 2.24) is 19.9 Å². The molecule has 1 unspecified atom stereocenters. The van der Waals surface area contributed by atoms with Gasteiger partial charge in [-0.15, -0.1) is 0 Å². The van der Waals surface area contributed by atoms with Gasteiger partial charge in [0.15, 0.2) is 5.65 Å². The maximum atomic E-state index is 5.58. The molecule has 1 atom stereocenters. The average molecular weight is 341 g/mol. The number of morpholine rings is 1. The fourth-order valence-corrected chi connectivity index (χ4v) is 4.52. The molecule has 25 heavy (non-hydrogen) atoms. The molecule has 6 heteroatoms. The summed E-state index contributed by atoms with van der Waals surface area (Å²) in [6.07, 6.45) is 8.48. The van der Waals surface area contributed by atoms with E-state index in [9.17, 15) is 0 Å². The van der Waals surface area contributed by atoms with Gasteiger partial charge in [-0.25, -0.2) is 4.98 Å². The summed E-state index contributed by atoms with van der Waals surface area (Å²) in [5.74, 6) is 1.28. The molecule has 2 saturated heterocycles. The van der Waals surface area contributed by atoms with E-state index in [1.165, 1.54) is 49.2 Å². The third-order valence-corrected chi connectivity index (χ3v) is 5.85. The van der Waals surface area contributed by atoms with E-state index in [-0.39, 0.29) is 0 Å². The minimum atomic E-state index is 0.380. The van der Waals surface area contributed by atoms with Gasteiger partial charge in [0.1, 0.15) is 5.82 Å². The van der Waals surface area contributed by atoms with E-state index in [4.69, 9.17) is 14.8 Å². The van der Waals surface area contributed by atoms with Crippen LogP contribution in [0.15, 0.2) is 6.07 Å². The number of hydrogen-bond donors (Lipinski definition) is 1. The number of hydrogen-bond acceptors (Lipinski definition) is 5. The van der Waals surface area contributed by atoms with Gasteiger partial charge in [-0.3, -0.25) is 0 Å². The predicted molar refractivity (Wildman–Crippen MR) is 97.3 cm³/mol. The molecule has 0 spiro atoms. The molecule has 2 fully saturated rings. The molecule has 0 aromatic carbocycles. The minimum Gasteiger partial charge on any atom is -0.378 e. The van der Waals surface area contributed by atoms with Crippen molar-refractivity contribution in [2.45, 2.75) is 51.0 Å². The molecule has 2 aromatic heterocycles. The smallest absolute Gasteiger partial charge is 0.157 e. The van der Waals surface area contributed by atoms with Crippen LogP contribution < -0.4 is 10.2 Å². The lowest BCUT2D eigenvalue weighted by atomic mass is 9.96. The Labute approximate surface area is 148 Å². The maximum Gasteiger partial charge on any atom is 0.157 e. The van der Waals surface area contributed by atoms with Gasteiger partial charge in [-0.2, -0.15) is 9.61 Å². The number of piperidine rings is 1. The summed E-state index contributed by atoms with van der Waals surface area (Å²) < 4.78 is 7.71. The van der Waals surface area contributed by atoms with Crippen LogP contribution in [0.5, 0.6) is 0 Å². The first-order valence-corrected chi connectivity index (χ1v) is 9.88. The summed E-state index contributed by atoms with van der Waals surface area (Å²) >= 11 is 0. The molecule has 0 saturated carbocycles. The summed E-state index contributed by atoms with van der Waals surface area (Å²) in [7, 11) is 0. The van der Waals surface area contributed by atoms with E-state index in [0.717, 1.165) is 57.0 Å². The van der Waals surface area contributed by atoms with Crippen molar-refractivity contribution in [3.63, 3.8) is 0 Å². The van der Waals surface area contributed by atoms with Gasteiger partial charge in [-0.1, -0.05) is 6.42 Å². The molecule has 6 nitrogen and oxygen atoms in total. The second-order valence-corrected chi connectivity index (χ2v) is 7.51. The van der Waals surface area contributed by atoms with E-state index in [1.807, 2.05) is 0 Å². The maximum absolute atomic E-state index is 5.58. The quantitative estimate of drug-likeness (QED) is 0.908. The predicted octanol–water partition coefficient (Wildman–Crippen LogP) is 2.26. The molecule has 0 bridgehead atoms. The number of aromatic nitrogens is 3. The Morgan fingerprint density at radius 2 is 1.96 bits per heavy atom. The van der Waals surface area contributed by atoms with Gasteiger partial charge < -0.3 is 15.0 Å². The van der Waals surface area contributed by atoms with Crippen molar-refractivity contribution in [3.8, 4) is 0 Å². The van der Waals surface area contributed by atoms with Crippen LogP contribution in [0, 0.1) is 0 Å². The zero-order valence-electron chi connectivity index (χ0n) is 14.8. The molecule has 2 aromatic rings. The monoisotopic (exact) mass is 341 g/mol. The summed E-state index contributed by atoms with van der Waals surface area (Å²) in [5, 5.41) is 8.66. The zero-order chi connectivity index (χ0) is 16.6. The van der Waals surface area contributed by atoms with Crippen LogP contribution in [-0.2, 0) is 17.6 Å². The summed E-state index contributed by atoms with van der Waals surface area (Å²) in [6.45, 7) is 4.59. The summed E-state index contributed by atoms with van der Waals surface area (Å²) in [5.41, 5.74) is 4.89. The fraction of sp³-hybridized carbons (Fsp3) is 0.684. The van der Waals surface area contributed by atoms with Crippen LogP contribution in [-0.4, -0.2) is 47.4 Å². The summed E-state index contributed by atoms with van der Waals surface area (Å²) in [4.78, 5) is 7.47. The lowest BCUT2D eigenvalue weighted by Crippen LogP contribution is -2.38. The molecule has 0 amide bonds. The largest absolute Gasteiger partial charge is 0.378 e. The van der Waals surface area contributed by atoms with E-state index in [2.05, 4.69) is 20.8 Å². The van der Waals surface area contributed by atoms with Crippen LogP contribution in [0.4, 0.5) is 5.82 Å². The van der Waals surface area contributed by atoms with Gasteiger partial charge in [0.05, 0.1) is 24.9 Å². The van der Waals surface area contributed by atoms with Gasteiger partial charge in [-0.05, 0) is 45.1 Å². The highest BCUT2D eigenvalue weighted by atomic mass is 16.5. The highest BCUT2D eigenvalue weighted by molar-refractivity contribution is 5.59. The number of aryl methyl sites for hydroxylation is 1. The fourth-order valence-electron chi connectivity index (χ4n) is 4.52. The molecular weight excluding hydrogens is 314 g/mol. The highest BCUT2D eigenvalue weighted by Crippen LogP contribution is 2.32. The first-order valence-electron chi connectivity index (χ1n) is 9.88. The Bertz CT molecular complexity index is 759. The van der Waals surface area contributed by atoms with E-state index >= 15 is 0 Å². The number of rotatable bonds is 2. The number of ether oxygens (including phenoxy) is 1. The molecule has 0 radical (unpaired) electrons. The Hall–Kier alpha value is -1.66. The van der Waals surface area contributed by atoms with Crippen molar-refractivity contribution in [3.05, 3.63) is 23.0 Å². The van der Waals surface area contributed by atoms with Crippen LogP contribution in [0.3, 0.4) is 0 Å². The molecule has 1 aliphatic carbocycles. The Kier molecular flexibility index (Phi) is 4.10. The van der Waals surface area contributed by atoms with E-state index < -0.39 is 0 Å². The molecule has 1 N–H and O–H groups in total. The first-order chi connectivity index (χ1) is 12.4. The lowest BCUT2D eigenvalue weighted by Gasteiger charge is -2.32. The zero-order valence-corrected chi connectivity index (χ0v) is 14.8. The number of anilines is 1. The normalized spacial score (nSPS) is 24.5. The van der Waals surface area contributed by atoms with E-state index in [1.54, 1.807) is 0 Å². The molecule has 2 aliphatic heterocycles. The van der Waals surface area contributed by atoms with Crippen molar-refractivity contribution in [1.29, 1.82) is 0 Å². The third-order valence-electron chi connectivity index (χ3n) is 5.85. The lowest BCUT2D eigenvalue weighted by molar-refractivity contribution is 0.122. The van der Waals surface area contributed by atoms with E-state index in [0.29, 0.717) is 6.04 Å². The van der Waals surface area contributed by atoms with Crippen molar-refractivity contribution in [2.24, 2.45) is 0 Å². The van der Waals surface area contributed by atoms with Crippen LogP contribution in [0.2, 0.25) is 0 Å². The first kappa shape index (κ1) is 15.6. The molecular formula is C19H27N5O. The molecule has 5 rings (SSSR count). The van der Waals surface area contributed by atoms with Crippen LogP contribution in [0.25, 0.3) is 5.65 Å². The Balaban J connectivity index is 1.63. The minimum absolute atomic E-state index is 0.380. The van der Waals surface area contributed by atoms with Crippen molar-refractivity contribution in [2.75, 3.05) is 37.7 Å². The van der Waals surface area contributed by atoms with Gasteiger partial charge in [0.2, 0.25) is 0 Å². The van der Waals surface area contributed by atoms with Crippen molar-refractivity contribution >= 4 is 11.5 Å². The average Bonchev–Trinajstić information content (AvgIpc) is 3.11. The number of nitrogens with zero attached hydrogens (tertiary/aromatic N) is 4. The molecule has 134 valence electrons. The molecule has 3 aliphatic rings. The Morgan fingerprint density at radius 3 is 2.80 bits per heavy atom. The van der Waals surface area contributed by atoms with Gasteiger partial charge in [0, 0.05) is 30.4 Å². The highest BCUT2D eigenvalue weighted by Gasteiger charge is 2.26. The van der Waals surface area contributed by atoms with Gasteiger partial charge in [0.25, 0.3) is 0 Å². The molecule has 4 heterocycles. The number of fused-ring (bicyclic) bond motifs is 2. The SMILES string of the molecule is c1c(C2CCCCN2)nn2c(N3CCOCC3)c3c(nc12)CCCC3. The standard InChI is InChI=1S/C19H27N5O/c1-2-6-15-14(5-1)19(23-9-11-25-12-10-23)24-18(21-15)13-17(22-24)16-7-3-4-8-20-16/h13,16,20H,1-12H2. The van der Waals surface area contributed by atoms with Gasteiger partial charge >= 0.3 is 0 Å². The topological polar surface area (TPSA) is 54.7 Å². The number of nitrogens with one attached hydrogen (secondary N) is 1. The van der Waals surface area contributed by atoms with Crippen molar-refractivity contribution < 1.29 is 4.74 Å². The van der Waals surface area contributed by atoms with Crippen LogP contribution in [0.1, 0.15) is 55.1 Å². The second kappa shape index (κ2) is 6.57.